The number of ether oxygens (including phenoxy) is 1. The van der Waals surface area contributed by atoms with Gasteiger partial charge in [0.1, 0.15) is 0 Å². The van der Waals surface area contributed by atoms with E-state index in [0.717, 1.165) is 45.7 Å². The zero-order chi connectivity index (χ0) is 12.9. The van der Waals surface area contributed by atoms with Crippen LogP contribution in [0.25, 0.3) is 0 Å². The Labute approximate surface area is 111 Å². The minimum Gasteiger partial charge on any atom is -0.393 e. The fraction of sp³-hybridized carbons (Fsp3) is 0.923. The molecular weight excluding hydrogens is 232 g/mol. The zero-order valence-corrected chi connectivity index (χ0v) is 12.2. The Bertz CT molecular complexity index is 248. The SMILES string of the molecule is CC(C)COCCN1CCC(C)(C(N)=S)CC1. The third-order valence-corrected chi connectivity index (χ3v) is 4.05. The van der Waals surface area contributed by atoms with E-state index in [1.165, 1.54) is 0 Å². The number of nitrogens with zero attached hydrogens (tertiary/aromatic N) is 1. The van der Waals surface area contributed by atoms with Crippen LogP contribution in [0.1, 0.15) is 33.6 Å². The molecule has 1 rings (SSSR count). The van der Waals surface area contributed by atoms with Crippen molar-refractivity contribution < 1.29 is 4.74 Å². The Kier molecular flexibility index (Phi) is 5.83. The number of likely N-dealkylation sites (tertiary alicyclic amines) is 1. The summed E-state index contributed by atoms with van der Waals surface area (Å²) in [5.74, 6) is 0.620. The molecule has 0 saturated carbocycles. The lowest BCUT2D eigenvalue weighted by Gasteiger charge is -2.38. The minimum atomic E-state index is 0.0740. The van der Waals surface area contributed by atoms with Gasteiger partial charge in [0.25, 0.3) is 0 Å². The summed E-state index contributed by atoms with van der Waals surface area (Å²) in [5, 5.41) is 0. The second-order valence-corrected chi connectivity index (χ2v) is 6.18. The van der Waals surface area contributed by atoms with Crippen LogP contribution in [0, 0.1) is 11.3 Å². The van der Waals surface area contributed by atoms with Crippen molar-refractivity contribution in [2.24, 2.45) is 17.1 Å². The van der Waals surface area contributed by atoms with Gasteiger partial charge in [-0.1, -0.05) is 33.0 Å². The third-order valence-electron chi connectivity index (χ3n) is 3.56. The molecule has 0 atom stereocenters. The molecule has 0 aromatic rings. The smallest absolute Gasteiger partial charge is 0.0788 e. The van der Waals surface area contributed by atoms with Crippen molar-refractivity contribution >= 4 is 17.2 Å². The van der Waals surface area contributed by atoms with Gasteiger partial charge in [0.05, 0.1) is 11.6 Å². The largest absolute Gasteiger partial charge is 0.393 e. The molecule has 0 aromatic heterocycles. The Morgan fingerprint density at radius 3 is 2.47 bits per heavy atom. The summed E-state index contributed by atoms with van der Waals surface area (Å²) in [7, 11) is 0. The van der Waals surface area contributed by atoms with Gasteiger partial charge in [0, 0.05) is 18.6 Å². The summed E-state index contributed by atoms with van der Waals surface area (Å²) >= 11 is 5.14. The van der Waals surface area contributed by atoms with E-state index in [2.05, 4.69) is 25.7 Å². The van der Waals surface area contributed by atoms with E-state index in [-0.39, 0.29) is 5.41 Å². The molecule has 0 aliphatic carbocycles. The Hall–Kier alpha value is -0.190. The van der Waals surface area contributed by atoms with E-state index in [9.17, 15) is 0 Å². The number of piperidine rings is 1. The number of nitrogens with two attached hydrogens (primary N) is 1. The second-order valence-electron chi connectivity index (χ2n) is 5.74. The summed E-state index contributed by atoms with van der Waals surface area (Å²) in [4.78, 5) is 3.12. The van der Waals surface area contributed by atoms with Crippen LogP contribution in [0.2, 0.25) is 0 Å². The van der Waals surface area contributed by atoms with Crippen molar-refractivity contribution in [3.05, 3.63) is 0 Å². The van der Waals surface area contributed by atoms with Crippen molar-refractivity contribution in [1.82, 2.24) is 4.90 Å². The second kappa shape index (κ2) is 6.66. The molecule has 3 nitrogen and oxygen atoms in total. The standard InChI is InChI=1S/C13H26N2OS/c1-11(2)10-16-9-8-15-6-4-13(3,5-7-15)12(14)17/h11H,4-10H2,1-3H3,(H2,14,17). The fourth-order valence-electron chi connectivity index (χ4n) is 2.03. The summed E-state index contributed by atoms with van der Waals surface area (Å²) in [5.41, 5.74) is 5.86. The van der Waals surface area contributed by atoms with Crippen molar-refractivity contribution in [3.63, 3.8) is 0 Å². The van der Waals surface area contributed by atoms with Crippen LogP contribution >= 0.6 is 12.2 Å². The van der Waals surface area contributed by atoms with Crippen molar-refractivity contribution in [2.45, 2.75) is 33.6 Å². The summed E-state index contributed by atoms with van der Waals surface area (Å²) < 4.78 is 5.61. The molecular formula is C13H26N2OS. The van der Waals surface area contributed by atoms with E-state index >= 15 is 0 Å². The van der Waals surface area contributed by atoms with Crippen LogP contribution in [-0.4, -0.2) is 42.7 Å². The normalized spacial score (nSPS) is 20.7. The van der Waals surface area contributed by atoms with Crippen LogP contribution < -0.4 is 5.73 Å². The molecule has 4 heteroatoms. The van der Waals surface area contributed by atoms with Gasteiger partial charge in [-0.3, -0.25) is 0 Å². The molecule has 1 fully saturated rings. The molecule has 0 amide bonds. The first-order chi connectivity index (χ1) is 7.94. The summed E-state index contributed by atoms with van der Waals surface area (Å²) in [6.07, 6.45) is 2.15. The summed E-state index contributed by atoms with van der Waals surface area (Å²) in [6.45, 7) is 11.4. The first-order valence-electron chi connectivity index (χ1n) is 6.54. The van der Waals surface area contributed by atoms with Gasteiger partial charge >= 0.3 is 0 Å². The van der Waals surface area contributed by atoms with E-state index in [0.29, 0.717) is 10.9 Å². The van der Waals surface area contributed by atoms with Crippen LogP contribution in [0.4, 0.5) is 0 Å². The number of rotatable bonds is 6. The number of hydrogen-bond acceptors (Lipinski definition) is 3. The van der Waals surface area contributed by atoms with Gasteiger partial charge in [-0.05, 0) is 31.8 Å². The van der Waals surface area contributed by atoms with Crippen LogP contribution in [0.3, 0.4) is 0 Å². The van der Waals surface area contributed by atoms with Gasteiger partial charge in [0.15, 0.2) is 0 Å². The predicted molar refractivity (Wildman–Crippen MR) is 76.2 cm³/mol. The quantitative estimate of drug-likeness (QED) is 0.584. The number of hydrogen-bond donors (Lipinski definition) is 1. The molecule has 1 aliphatic rings. The highest BCUT2D eigenvalue weighted by Gasteiger charge is 2.32. The van der Waals surface area contributed by atoms with E-state index in [1.807, 2.05) is 0 Å². The maximum absolute atomic E-state index is 5.79. The predicted octanol–water partition coefficient (Wildman–Crippen LogP) is 2.05. The average Bonchev–Trinajstić information content (AvgIpc) is 2.26. The molecule has 1 aliphatic heterocycles. The lowest BCUT2D eigenvalue weighted by atomic mass is 9.80. The van der Waals surface area contributed by atoms with Gasteiger partial charge in [-0.15, -0.1) is 0 Å². The monoisotopic (exact) mass is 258 g/mol. The van der Waals surface area contributed by atoms with E-state index in [4.69, 9.17) is 22.7 Å². The topological polar surface area (TPSA) is 38.5 Å². The van der Waals surface area contributed by atoms with Crippen molar-refractivity contribution in [3.8, 4) is 0 Å². The lowest BCUT2D eigenvalue weighted by molar-refractivity contribution is 0.0702. The maximum atomic E-state index is 5.79. The Balaban J connectivity index is 2.17. The zero-order valence-electron chi connectivity index (χ0n) is 11.4. The van der Waals surface area contributed by atoms with E-state index < -0.39 is 0 Å². The summed E-state index contributed by atoms with van der Waals surface area (Å²) in [6, 6.07) is 0. The lowest BCUT2D eigenvalue weighted by Crippen LogP contribution is -2.45. The Morgan fingerprint density at radius 1 is 1.41 bits per heavy atom. The first kappa shape index (κ1) is 14.9. The van der Waals surface area contributed by atoms with Gasteiger partial charge in [0.2, 0.25) is 0 Å². The molecule has 0 bridgehead atoms. The van der Waals surface area contributed by atoms with Gasteiger partial charge in [-0.25, -0.2) is 0 Å². The van der Waals surface area contributed by atoms with Crippen LogP contribution in [0.5, 0.6) is 0 Å². The highest BCUT2D eigenvalue weighted by Crippen LogP contribution is 2.30. The highest BCUT2D eigenvalue weighted by molar-refractivity contribution is 7.80. The molecule has 0 spiro atoms. The van der Waals surface area contributed by atoms with E-state index in [1.54, 1.807) is 0 Å². The molecule has 2 N–H and O–H groups in total. The number of thiocarbonyl (C=S) groups is 1. The molecule has 1 saturated heterocycles. The molecule has 0 radical (unpaired) electrons. The van der Waals surface area contributed by atoms with Crippen LogP contribution in [-0.2, 0) is 4.74 Å². The highest BCUT2D eigenvalue weighted by atomic mass is 32.1. The third kappa shape index (κ3) is 4.90. The average molecular weight is 258 g/mol. The molecule has 100 valence electrons. The maximum Gasteiger partial charge on any atom is 0.0788 e. The molecule has 1 heterocycles. The first-order valence-corrected chi connectivity index (χ1v) is 6.95. The Morgan fingerprint density at radius 2 is 2.00 bits per heavy atom. The van der Waals surface area contributed by atoms with Gasteiger partial charge in [-0.2, -0.15) is 0 Å². The molecule has 0 unspecified atom stereocenters. The van der Waals surface area contributed by atoms with Crippen LogP contribution in [0.15, 0.2) is 0 Å². The fourth-order valence-corrected chi connectivity index (χ4v) is 2.23. The minimum absolute atomic E-state index is 0.0740. The van der Waals surface area contributed by atoms with Crippen molar-refractivity contribution in [1.29, 1.82) is 0 Å². The molecule has 0 aromatic carbocycles. The van der Waals surface area contributed by atoms with Gasteiger partial charge < -0.3 is 15.4 Å². The van der Waals surface area contributed by atoms with Crippen molar-refractivity contribution in [2.75, 3.05) is 32.8 Å². The molecule has 17 heavy (non-hydrogen) atoms.